The molecule has 1 aromatic carbocycles. The van der Waals surface area contributed by atoms with Gasteiger partial charge in [-0.15, -0.1) is 0 Å². The molecule has 1 aliphatic rings. The molecule has 0 radical (unpaired) electrons. The Morgan fingerprint density at radius 3 is 2.63 bits per heavy atom. The minimum Gasteiger partial charge on any atom is -0.368 e. The van der Waals surface area contributed by atoms with Crippen LogP contribution in [0.5, 0.6) is 0 Å². The molecule has 9 heteroatoms. The zero-order valence-corrected chi connectivity index (χ0v) is 16.2. The van der Waals surface area contributed by atoms with E-state index >= 15 is 0 Å². The van der Waals surface area contributed by atoms with E-state index in [2.05, 4.69) is 42.3 Å². The quantitative estimate of drug-likeness (QED) is 0.655. The normalized spacial score (nSPS) is 15.2. The number of hydrogen-bond acceptors (Lipinski definition) is 7. The van der Waals surface area contributed by atoms with Crippen LogP contribution < -0.4 is 10.2 Å². The molecule has 0 amide bonds. The molecule has 2 aromatic heterocycles. The van der Waals surface area contributed by atoms with Crippen LogP contribution in [0.2, 0.25) is 5.28 Å². The van der Waals surface area contributed by atoms with E-state index in [0.717, 1.165) is 13.0 Å². The van der Waals surface area contributed by atoms with Crippen molar-refractivity contribution in [3.8, 4) is 0 Å². The molecule has 4 rings (SSSR count). The fraction of sp³-hybridized carbons (Fsp3) is 0.333. The molecule has 0 aliphatic carbocycles. The predicted molar refractivity (Wildman–Crippen MR) is 109 cm³/mol. The van der Waals surface area contributed by atoms with Crippen LogP contribution in [0.4, 0.5) is 11.6 Å². The number of nitrogens with zero attached hydrogens (tertiary/aromatic N) is 5. The molecule has 1 N–H and O–H groups in total. The number of fused-ring (bicyclic) bond motifs is 1. The van der Waals surface area contributed by atoms with E-state index in [-0.39, 0.29) is 5.28 Å². The topological polar surface area (TPSA) is 83.9 Å². The highest BCUT2D eigenvalue weighted by Crippen LogP contribution is 2.27. The van der Waals surface area contributed by atoms with Crippen LogP contribution in [0, 0.1) is 0 Å². The smallest absolute Gasteiger partial charge is 0.225 e. The maximum absolute atomic E-state index is 11.6. The standard InChI is InChI=1S/C18H19ClN6OS/c19-18-23-14-15(17(24-18)25-8-10-27(26)11-9-25)21-12-22-16(14)20-7-6-13-4-2-1-3-5-13/h1-5,12H,6-11H2,(H,20,21,22). The van der Waals surface area contributed by atoms with Crippen molar-refractivity contribution in [2.75, 3.05) is 41.4 Å². The molecule has 3 heterocycles. The zero-order valence-electron chi connectivity index (χ0n) is 14.6. The van der Waals surface area contributed by atoms with Gasteiger partial charge in [-0.25, -0.2) is 15.0 Å². The summed E-state index contributed by atoms with van der Waals surface area (Å²) in [6.45, 7) is 2.04. The number of nitrogens with one attached hydrogen (secondary N) is 1. The Morgan fingerprint density at radius 2 is 1.85 bits per heavy atom. The molecule has 27 heavy (non-hydrogen) atoms. The van der Waals surface area contributed by atoms with Crippen LogP contribution in [-0.2, 0) is 17.2 Å². The lowest BCUT2D eigenvalue weighted by molar-refractivity contribution is 0.672. The molecule has 0 atom stereocenters. The summed E-state index contributed by atoms with van der Waals surface area (Å²) in [5.41, 5.74) is 2.51. The van der Waals surface area contributed by atoms with E-state index in [0.29, 0.717) is 47.3 Å². The van der Waals surface area contributed by atoms with Gasteiger partial charge in [0, 0.05) is 41.9 Å². The Balaban J connectivity index is 1.59. The predicted octanol–water partition coefficient (Wildman–Crippen LogP) is 2.30. The van der Waals surface area contributed by atoms with Crippen LogP contribution in [0.15, 0.2) is 36.7 Å². The molecule has 1 fully saturated rings. The van der Waals surface area contributed by atoms with Crippen LogP contribution in [0.3, 0.4) is 0 Å². The second kappa shape index (κ2) is 8.14. The molecule has 3 aromatic rings. The van der Waals surface area contributed by atoms with E-state index in [1.165, 1.54) is 11.9 Å². The number of anilines is 2. The maximum Gasteiger partial charge on any atom is 0.225 e. The lowest BCUT2D eigenvalue weighted by Crippen LogP contribution is -2.38. The molecular formula is C18H19ClN6OS. The largest absolute Gasteiger partial charge is 0.368 e. The van der Waals surface area contributed by atoms with E-state index in [1.807, 2.05) is 18.2 Å². The molecule has 7 nitrogen and oxygen atoms in total. The van der Waals surface area contributed by atoms with E-state index in [9.17, 15) is 4.21 Å². The summed E-state index contributed by atoms with van der Waals surface area (Å²) in [5.74, 6) is 2.56. The van der Waals surface area contributed by atoms with Gasteiger partial charge < -0.3 is 10.2 Å². The van der Waals surface area contributed by atoms with E-state index < -0.39 is 10.8 Å². The molecule has 0 spiro atoms. The third kappa shape index (κ3) is 4.17. The first kappa shape index (κ1) is 18.1. The average Bonchev–Trinajstić information content (AvgIpc) is 2.69. The third-order valence-electron chi connectivity index (χ3n) is 4.46. The van der Waals surface area contributed by atoms with Gasteiger partial charge >= 0.3 is 0 Å². The summed E-state index contributed by atoms with van der Waals surface area (Å²) < 4.78 is 11.6. The maximum atomic E-state index is 11.6. The highest BCUT2D eigenvalue weighted by molar-refractivity contribution is 7.85. The second-order valence-corrected chi connectivity index (χ2v) is 8.27. The Labute approximate surface area is 164 Å². The van der Waals surface area contributed by atoms with Crippen molar-refractivity contribution in [1.82, 2.24) is 19.9 Å². The van der Waals surface area contributed by atoms with Gasteiger partial charge in [-0.2, -0.15) is 4.98 Å². The van der Waals surface area contributed by atoms with Crippen LogP contribution in [-0.4, -0.2) is 55.3 Å². The van der Waals surface area contributed by atoms with Crippen molar-refractivity contribution in [3.63, 3.8) is 0 Å². The first-order chi connectivity index (χ1) is 13.2. The Morgan fingerprint density at radius 1 is 1.07 bits per heavy atom. The van der Waals surface area contributed by atoms with Crippen molar-refractivity contribution in [2.24, 2.45) is 0 Å². The summed E-state index contributed by atoms with van der Waals surface area (Å²) in [5, 5.41) is 3.49. The second-order valence-electron chi connectivity index (χ2n) is 6.23. The van der Waals surface area contributed by atoms with Gasteiger partial charge in [0.2, 0.25) is 5.28 Å². The number of benzene rings is 1. The number of aromatic nitrogens is 4. The van der Waals surface area contributed by atoms with Gasteiger partial charge in [0.15, 0.2) is 11.6 Å². The van der Waals surface area contributed by atoms with Crippen LogP contribution in [0.1, 0.15) is 5.56 Å². The number of hydrogen-bond donors (Lipinski definition) is 1. The molecule has 140 valence electrons. The van der Waals surface area contributed by atoms with Gasteiger partial charge in [-0.1, -0.05) is 30.3 Å². The lowest BCUT2D eigenvalue weighted by Gasteiger charge is -2.27. The average molecular weight is 403 g/mol. The SMILES string of the molecule is O=S1CCN(c2nc(Cl)nc3c(NCCc4ccccc4)ncnc23)CC1. The molecule has 0 saturated carbocycles. The first-order valence-electron chi connectivity index (χ1n) is 8.76. The van der Waals surface area contributed by atoms with Crippen molar-refractivity contribution in [3.05, 3.63) is 47.5 Å². The fourth-order valence-corrected chi connectivity index (χ4v) is 4.29. The molecular weight excluding hydrogens is 384 g/mol. The van der Waals surface area contributed by atoms with Gasteiger partial charge in [-0.3, -0.25) is 4.21 Å². The minimum atomic E-state index is -0.764. The zero-order chi connectivity index (χ0) is 18.6. The Bertz CT molecular complexity index is 961. The molecule has 1 saturated heterocycles. The van der Waals surface area contributed by atoms with Gasteiger partial charge in [0.05, 0.1) is 0 Å². The van der Waals surface area contributed by atoms with Crippen molar-refractivity contribution in [1.29, 1.82) is 0 Å². The highest BCUT2D eigenvalue weighted by Gasteiger charge is 2.21. The summed E-state index contributed by atoms with van der Waals surface area (Å²) in [6.07, 6.45) is 2.38. The summed E-state index contributed by atoms with van der Waals surface area (Å²) in [7, 11) is -0.764. The summed E-state index contributed by atoms with van der Waals surface area (Å²) >= 11 is 6.18. The van der Waals surface area contributed by atoms with Gasteiger partial charge in [-0.05, 0) is 23.6 Å². The molecule has 1 aliphatic heterocycles. The highest BCUT2D eigenvalue weighted by atomic mass is 35.5. The fourth-order valence-electron chi connectivity index (χ4n) is 3.08. The Kier molecular flexibility index (Phi) is 5.45. The summed E-state index contributed by atoms with van der Waals surface area (Å²) in [6, 6.07) is 10.3. The number of rotatable bonds is 5. The van der Waals surface area contributed by atoms with Crippen LogP contribution in [0.25, 0.3) is 11.0 Å². The summed E-state index contributed by atoms with van der Waals surface area (Å²) in [4.78, 5) is 19.5. The van der Waals surface area contributed by atoms with Gasteiger partial charge in [0.25, 0.3) is 0 Å². The van der Waals surface area contributed by atoms with Crippen molar-refractivity contribution < 1.29 is 4.21 Å². The third-order valence-corrected chi connectivity index (χ3v) is 5.91. The lowest BCUT2D eigenvalue weighted by atomic mass is 10.1. The van der Waals surface area contributed by atoms with Gasteiger partial charge in [0.1, 0.15) is 17.4 Å². The van der Waals surface area contributed by atoms with Crippen LogP contribution >= 0.6 is 11.6 Å². The Hall–Kier alpha value is -2.32. The molecule has 0 unspecified atom stereocenters. The number of halogens is 1. The minimum absolute atomic E-state index is 0.158. The molecule has 0 bridgehead atoms. The van der Waals surface area contributed by atoms with Crippen molar-refractivity contribution >= 4 is 45.1 Å². The first-order valence-corrected chi connectivity index (χ1v) is 10.6. The van der Waals surface area contributed by atoms with E-state index in [4.69, 9.17) is 11.6 Å². The van der Waals surface area contributed by atoms with Crippen molar-refractivity contribution in [2.45, 2.75) is 6.42 Å². The van der Waals surface area contributed by atoms with E-state index in [1.54, 1.807) is 0 Å². The monoisotopic (exact) mass is 402 g/mol.